The van der Waals surface area contributed by atoms with E-state index in [-0.39, 0.29) is 18.4 Å². The van der Waals surface area contributed by atoms with Crippen LogP contribution in [0.25, 0.3) is 0 Å². The molecular formula is C14H26N2O4. The molecule has 116 valence electrons. The second kappa shape index (κ2) is 5.60. The largest absolute Gasteiger partial charge is 0.480 e. The van der Waals surface area contributed by atoms with Gasteiger partial charge in [-0.1, -0.05) is 20.8 Å². The summed E-state index contributed by atoms with van der Waals surface area (Å²) < 4.78 is 0. The van der Waals surface area contributed by atoms with Gasteiger partial charge in [-0.15, -0.1) is 0 Å². The average molecular weight is 286 g/mol. The van der Waals surface area contributed by atoms with Crippen LogP contribution in [0.15, 0.2) is 0 Å². The Morgan fingerprint density at radius 3 is 2.25 bits per heavy atom. The lowest BCUT2D eigenvalue weighted by atomic mass is 9.82. The number of rotatable bonds is 3. The highest BCUT2D eigenvalue weighted by Crippen LogP contribution is 2.27. The molecule has 3 N–H and O–H groups in total. The Hall–Kier alpha value is -1.30. The minimum atomic E-state index is -1.08. The molecule has 0 radical (unpaired) electrons. The van der Waals surface area contributed by atoms with Gasteiger partial charge in [0.15, 0.2) is 0 Å². The van der Waals surface area contributed by atoms with Crippen LogP contribution < -0.4 is 5.32 Å². The van der Waals surface area contributed by atoms with Gasteiger partial charge in [-0.05, 0) is 25.7 Å². The fraction of sp³-hybridized carbons (Fsp3) is 0.857. The lowest BCUT2D eigenvalue weighted by Gasteiger charge is -2.35. The molecule has 0 aromatic rings. The molecule has 0 bridgehead atoms. The Morgan fingerprint density at radius 2 is 1.80 bits per heavy atom. The summed E-state index contributed by atoms with van der Waals surface area (Å²) in [6.07, 6.45) is 0.0788. The van der Waals surface area contributed by atoms with Gasteiger partial charge in [-0.25, -0.2) is 9.59 Å². The molecule has 0 saturated carbocycles. The zero-order valence-corrected chi connectivity index (χ0v) is 12.9. The Kier molecular flexibility index (Phi) is 4.69. The predicted octanol–water partition coefficient (Wildman–Crippen LogP) is 1.43. The summed E-state index contributed by atoms with van der Waals surface area (Å²) in [5.74, 6) is -1.08. The van der Waals surface area contributed by atoms with Gasteiger partial charge in [0.1, 0.15) is 6.04 Å². The lowest BCUT2D eigenvalue weighted by molar-refractivity contribution is -0.141. The highest BCUT2D eigenvalue weighted by molar-refractivity contribution is 5.83. The first kappa shape index (κ1) is 16.8. The number of urea groups is 1. The average Bonchev–Trinajstić information content (AvgIpc) is 2.55. The number of aliphatic hydroxyl groups is 1. The number of carboxylic acid groups (broad SMARTS) is 1. The number of aliphatic hydroxyl groups excluding tert-OH is 1. The van der Waals surface area contributed by atoms with Crippen molar-refractivity contribution in [3.8, 4) is 0 Å². The number of aliphatic carboxylic acids is 1. The quantitative estimate of drug-likeness (QED) is 0.732. The molecule has 6 nitrogen and oxygen atoms in total. The normalized spacial score (nSPS) is 23.8. The standard InChI is InChI=1S/C14H26N2O4/c1-13(2,3)8-14(4,5)15-12(20)16-7-9(17)6-10(16)11(18)19/h9-10,17H,6-8H2,1-5H3,(H,15,20)(H,18,19). The van der Waals surface area contributed by atoms with E-state index in [4.69, 9.17) is 5.11 Å². The summed E-state index contributed by atoms with van der Waals surface area (Å²) in [4.78, 5) is 24.6. The minimum absolute atomic E-state index is 0.0491. The number of amides is 2. The van der Waals surface area contributed by atoms with Crippen molar-refractivity contribution < 1.29 is 19.8 Å². The van der Waals surface area contributed by atoms with Crippen LogP contribution in [0.3, 0.4) is 0 Å². The SMILES string of the molecule is CC(C)(C)CC(C)(C)NC(=O)N1CC(O)CC1C(=O)O. The first-order valence-corrected chi connectivity index (χ1v) is 6.91. The molecule has 20 heavy (non-hydrogen) atoms. The van der Waals surface area contributed by atoms with Gasteiger partial charge in [-0.2, -0.15) is 0 Å². The van der Waals surface area contributed by atoms with Gasteiger partial charge in [-0.3, -0.25) is 0 Å². The Balaban J connectivity index is 2.72. The zero-order chi connectivity index (χ0) is 15.7. The molecule has 1 fully saturated rings. The van der Waals surface area contributed by atoms with Crippen LogP contribution in [0.5, 0.6) is 0 Å². The van der Waals surface area contributed by atoms with Crippen LogP contribution in [0.1, 0.15) is 47.5 Å². The Labute approximate surface area is 120 Å². The van der Waals surface area contributed by atoms with Gasteiger partial charge in [0, 0.05) is 18.5 Å². The van der Waals surface area contributed by atoms with E-state index in [9.17, 15) is 14.7 Å². The molecule has 2 amide bonds. The molecule has 1 rings (SSSR count). The number of carbonyl (C=O) groups is 2. The number of nitrogens with zero attached hydrogens (tertiary/aromatic N) is 1. The molecule has 1 heterocycles. The molecule has 0 aliphatic carbocycles. The third-order valence-electron chi connectivity index (χ3n) is 3.24. The number of carbonyl (C=O) groups excluding carboxylic acids is 1. The van der Waals surface area contributed by atoms with E-state index in [0.29, 0.717) is 0 Å². The van der Waals surface area contributed by atoms with Gasteiger partial charge in [0.05, 0.1) is 6.10 Å². The second-order valence-electron chi connectivity index (χ2n) is 7.45. The number of nitrogens with one attached hydrogen (secondary N) is 1. The first-order valence-electron chi connectivity index (χ1n) is 6.91. The number of hydrogen-bond donors (Lipinski definition) is 3. The van der Waals surface area contributed by atoms with Crippen molar-refractivity contribution in [1.29, 1.82) is 0 Å². The third kappa shape index (κ3) is 4.67. The molecule has 2 unspecified atom stereocenters. The van der Waals surface area contributed by atoms with Gasteiger partial charge in [0.2, 0.25) is 0 Å². The van der Waals surface area contributed by atoms with Gasteiger partial charge in [0.25, 0.3) is 0 Å². The van der Waals surface area contributed by atoms with Crippen LogP contribution in [0.2, 0.25) is 0 Å². The fourth-order valence-electron chi connectivity index (χ4n) is 3.00. The first-order chi connectivity index (χ1) is 8.91. The zero-order valence-electron chi connectivity index (χ0n) is 12.9. The maximum atomic E-state index is 12.2. The lowest BCUT2D eigenvalue weighted by Crippen LogP contribution is -2.54. The van der Waals surface area contributed by atoms with E-state index in [0.717, 1.165) is 6.42 Å². The highest BCUT2D eigenvalue weighted by atomic mass is 16.4. The van der Waals surface area contributed by atoms with Crippen LogP contribution in [0, 0.1) is 5.41 Å². The Morgan fingerprint density at radius 1 is 1.25 bits per heavy atom. The van der Waals surface area contributed by atoms with E-state index >= 15 is 0 Å². The Bertz CT molecular complexity index is 387. The summed E-state index contributed by atoms with van der Waals surface area (Å²) in [5, 5.41) is 21.5. The molecule has 1 aliphatic heterocycles. The maximum absolute atomic E-state index is 12.2. The molecule has 2 atom stereocenters. The molecule has 1 saturated heterocycles. The van der Waals surface area contributed by atoms with E-state index in [1.807, 2.05) is 13.8 Å². The topological polar surface area (TPSA) is 89.9 Å². The fourth-order valence-corrected chi connectivity index (χ4v) is 3.00. The monoisotopic (exact) mass is 286 g/mol. The van der Waals surface area contributed by atoms with Crippen molar-refractivity contribution in [3.63, 3.8) is 0 Å². The van der Waals surface area contributed by atoms with E-state index in [1.165, 1.54) is 4.90 Å². The van der Waals surface area contributed by atoms with Crippen molar-refractivity contribution in [2.75, 3.05) is 6.54 Å². The van der Waals surface area contributed by atoms with Crippen molar-refractivity contribution >= 4 is 12.0 Å². The van der Waals surface area contributed by atoms with E-state index in [1.54, 1.807) is 0 Å². The summed E-state index contributed by atoms with van der Waals surface area (Å²) in [6.45, 7) is 10.1. The van der Waals surface area contributed by atoms with Gasteiger partial charge >= 0.3 is 12.0 Å². The van der Waals surface area contributed by atoms with Crippen molar-refractivity contribution in [2.45, 2.75) is 65.1 Å². The molecular weight excluding hydrogens is 260 g/mol. The predicted molar refractivity (Wildman–Crippen MR) is 75.4 cm³/mol. The van der Waals surface area contributed by atoms with Crippen LogP contribution in [-0.4, -0.2) is 51.3 Å². The number of hydrogen-bond acceptors (Lipinski definition) is 3. The van der Waals surface area contributed by atoms with Crippen molar-refractivity contribution in [2.24, 2.45) is 5.41 Å². The summed E-state index contributed by atoms with van der Waals surface area (Å²) >= 11 is 0. The summed E-state index contributed by atoms with van der Waals surface area (Å²) in [5.41, 5.74) is -0.389. The number of likely N-dealkylation sites (tertiary alicyclic amines) is 1. The molecule has 0 aromatic heterocycles. The van der Waals surface area contributed by atoms with Crippen LogP contribution in [0.4, 0.5) is 4.79 Å². The summed E-state index contributed by atoms with van der Waals surface area (Å²) in [7, 11) is 0. The highest BCUT2D eigenvalue weighted by Gasteiger charge is 2.40. The van der Waals surface area contributed by atoms with Crippen LogP contribution in [-0.2, 0) is 4.79 Å². The smallest absolute Gasteiger partial charge is 0.326 e. The number of β-amino-alcohol motifs (C(OH)–C–C–N with tert-alkyl or cyclic N) is 1. The number of carboxylic acids is 1. The summed E-state index contributed by atoms with van der Waals surface area (Å²) in [6, 6.07) is -1.38. The minimum Gasteiger partial charge on any atom is -0.480 e. The van der Waals surface area contributed by atoms with Crippen molar-refractivity contribution in [1.82, 2.24) is 10.2 Å². The van der Waals surface area contributed by atoms with E-state index in [2.05, 4.69) is 26.1 Å². The maximum Gasteiger partial charge on any atom is 0.326 e. The molecule has 0 spiro atoms. The third-order valence-corrected chi connectivity index (χ3v) is 3.24. The molecule has 1 aliphatic rings. The van der Waals surface area contributed by atoms with E-state index < -0.39 is 29.7 Å². The molecule has 6 heteroatoms. The molecule has 0 aromatic carbocycles. The van der Waals surface area contributed by atoms with Crippen molar-refractivity contribution in [3.05, 3.63) is 0 Å². The second-order valence-corrected chi connectivity index (χ2v) is 7.45. The van der Waals surface area contributed by atoms with Crippen LogP contribution >= 0.6 is 0 Å². The van der Waals surface area contributed by atoms with Gasteiger partial charge < -0.3 is 20.4 Å².